The summed E-state index contributed by atoms with van der Waals surface area (Å²) in [6.45, 7) is 2.04. The van der Waals surface area contributed by atoms with Crippen molar-refractivity contribution in [2.24, 2.45) is 5.92 Å². The van der Waals surface area contributed by atoms with Crippen molar-refractivity contribution >= 4 is 17.9 Å². The van der Waals surface area contributed by atoms with E-state index in [1.807, 2.05) is 29.2 Å². The van der Waals surface area contributed by atoms with Crippen LogP contribution in [0, 0.1) is 5.92 Å². The number of piperidine rings is 1. The molecule has 152 valence electrons. The van der Waals surface area contributed by atoms with Gasteiger partial charge in [0.1, 0.15) is 0 Å². The number of amides is 3. The minimum Gasteiger partial charge on any atom is -0.481 e. The maximum Gasteiger partial charge on any atom is 0.315 e. The summed E-state index contributed by atoms with van der Waals surface area (Å²) in [5, 5.41) is 14.8. The number of carboxylic acids is 1. The maximum atomic E-state index is 12.5. The van der Waals surface area contributed by atoms with Crippen molar-refractivity contribution in [2.75, 3.05) is 13.1 Å². The molecule has 28 heavy (non-hydrogen) atoms. The lowest BCUT2D eigenvalue weighted by molar-refractivity contribution is -0.142. The van der Waals surface area contributed by atoms with Gasteiger partial charge >= 0.3 is 12.0 Å². The zero-order valence-corrected chi connectivity index (χ0v) is 16.2. The lowest BCUT2D eigenvalue weighted by Gasteiger charge is -2.27. The fourth-order valence-electron chi connectivity index (χ4n) is 3.95. The van der Waals surface area contributed by atoms with Crippen molar-refractivity contribution in [3.63, 3.8) is 0 Å². The largest absolute Gasteiger partial charge is 0.481 e. The van der Waals surface area contributed by atoms with Gasteiger partial charge < -0.3 is 20.6 Å². The summed E-state index contributed by atoms with van der Waals surface area (Å²) in [7, 11) is 0. The van der Waals surface area contributed by atoms with Crippen molar-refractivity contribution in [3.8, 4) is 0 Å². The van der Waals surface area contributed by atoms with Crippen LogP contribution in [0.25, 0.3) is 0 Å². The van der Waals surface area contributed by atoms with Crippen molar-refractivity contribution < 1.29 is 19.5 Å². The van der Waals surface area contributed by atoms with Gasteiger partial charge in [0.05, 0.1) is 5.92 Å². The van der Waals surface area contributed by atoms with Gasteiger partial charge in [-0.05, 0) is 62.6 Å². The molecule has 0 unspecified atom stereocenters. The first-order valence-corrected chi connectivity index (χ1v) is 10.2. The summed E-state index contributed by atoms with van der Waals surface area (Å²) < 4.78 is 0. The molecule has 0 atom stereocenters. The number of nitrogens with zero attached hydrogens (tertiary/aromatic N) is 1. The van der Waals surface area contributed by atoms with Gasteiger partial charge in [-0.3, -0.25) is 9.59 Å². The van der Waals surface area contributed by atoms with Gasteiger partial charge in [-0.15, -0.1) is 0 Å². The van der Waals surface area contributed by atoms with Crippen LogP contribution in [-0.4, -0.2) is 47.0 Å². The number of carboxylic acid groups (broad SMARTS) is 1. The second-order valence-electron chi connectivity index (χ2n) is 7.76. The summed E-state index contributed by atoms with van der Waals surface area (Å²) in [5.41, 5.74) is 1.62. The Labute approximate surface area is 165 Å². The van der Waals surface area contributed by atoms with E-state index in [9.17, 15) is 14.4 Å². The highest BCUT2D eigenvalue weighted by molar-refractivity contribution is 5.94. The molecule has 1 aromatic rings. The molecule has 1 aliphatic carbocycles. The van der Waals surface area contributed by atoms with E-state index in [1.165, 1.54) is 6.42 Å². The number of urea groups is 1. The highest BCUT2D eigenvalue weighted by Gasteiger charge is 2.26. The van der Waals surface area contributed by atoms with E-state index in [1.54, 1.807) is 0 Å². The molecule has 7 nitrogen and oxygen atoms in total. The highest BCUT2D eigenvalue weighted by atomic mass is 16.4. The predicted octanol–water partition coefficient (Wildman–Crippen LogP) is 2.76. The second kappa shape index (κ2) is 9.57. The fraction of sp³-hybridized carbons (Fsp3) is 0.571. The van der Waals surface area contributed by atoms with E-state index in [0.717, 1.165) is 31.5 Å². The molecule has 0 radical (unpaired) electrons. The third-order valence-electron chi connectivity index (χ3n) is 5.71. The van der Waals surface area contributed by atoms with E-state index in [0.29, 0.717) is 37.8 Å². The summed E-state index contributed by atoms with van der Waals surface area (Å²) in [4.78, 5) is 37.4. The molecule has 1 aromatic carbocycles. The van der Waals surface area contributed by atoms with Crippen LogP contribution in [0.2, 0.25) is 0 Å². The monoisotopic (exact) mass is 387 g/mol. The molecule has 3 N–H and O–H groups in total. The topological polar surface area (TPSA) is 98.7 Å². The number of hydrogen-bond donors (Lipinski definition) is 3. The quantitative estimate of drug-likeness (QED) is 0.723. The van der Waals surface area contributed by atoms with Crippen LogP contribution >= 0.6 is 0 Å². The Hall–Kier alpha value is -2.57. The van der Waals surface area contributed by atoms with Crippen LogP contribution in [0.4, 0.5) is 4.79 Å². The van der Waals surface area contributed by atoms with Gasteiger partial charge in [0.25, 0.3) is 5.91 Å². The van der Waals surface area contributed by atoms with Gasteiger partial charge in [-0.2, -0.15) is 0 Å². The summed E-state index contributed by atoms with van der Waals surface area (Å²) in [5.74, 6) is -0.952. The van der Waals surface area contributed by atoms with Crippen molar-refractivity contribution in [1.82, 2.24) is 15.5 Å². The summed E-state index contributed by atoms with van der Waals surface area (Å²) >= 11 is 0. The Morgan fingerprint density at radius 1 is 0.964 bits per heavy atom. The molecule has 2 aliphatic rings. The minimum atomic E-state index is -0.745. The van der Waals surface area contributed by atoms with Crippen LogP contribution in [0.5, 0.6) is 0 Å². The Balaban J connectivity index is 1.41. The zero-order valence-electron chi connectivity index (χ0n) is 16.2. The van der Waals surface area contributed by atoms with E-state index in [4.69, 9.17) is 5.11 Å². The van der Waals surface area contributed by atoms with Crippen LogP contribution in [0.15, 0.2) is 24.3 Å². The minimum absolute atomic E-state index is 0.0279. The first kappa shape index (κ1) is 20.2. The van der Waals surface area contributed by atoms with Crippen molar-refractivity contribution in [1.29, 1.82) is 0 Å². The molecule has 1 heterocycles. The molecular formula is C21H29N3O4. The molecule has 1 saturated carbocycles. The molecule has 3 amide bonds. The number of rotatable bonds is 5. The third kappa shape index (κ3) is 5.47. The summed E-state index contributed by atoms with van der Waals surface area (Å²) in [6.07, 6.45) is 5.92. The lowest BCUT2D eigenvalue weighted by atomic mass is 9.86. The molecule has 2 fully saturated rings. The SMILES string of the molecule is O=C(NCc1ccc(C(=O)N2CCCCC2)cc1)NC1CCC(C(=O)O)CC1. The van der Waals surface area contributed by atoms with Crippen LogP contribution < -0.4 is 10.6 Å². The van der Waals surface area contributed by atoms with Crippen molar-refractivity contribution in [2.45, 2.75) is 57.5 Å². The fourth-order valence-corrected chi connectivity index (χ4v) is 3.95. The molecule has 0 bridgehead atoms. The van der Waals surface area contributed by atoms with E-state index in [2.05, 4.69) is 10.6 Å². The van der Waals surface area contributed by atoms with Crippen LogP contribution in [-0.2, 0) is 11.3 Å². The number of aliphatic carboxylic acids is 1. The average molecular weight is 387 g/mol. The molecule has 1 aliphatic heterocycles. The Bertz CT molecular complexity index is 690. The van der Waals surface area contributed by atoms with Crippen molar-refractivity contribution in [3.05, 3.63) is 35.4 Å². The first-order chi connectivity index (χ1) is 13.5. The number of nitrogens with one attached hydrogen (secondary N) is 2. The van der Waals surface area contributed by atoms with E-state index < -0.39 is 5.97 Å². The standard InChI is InChI=1S/C21H29N3O4/c25-19(24-12-2-1-3-13-24)16-6-4-15(5-7-16)14-22-21(28)23-18-10-8-17(9-11-18)20(26)27/h4-7,17-18H,1-3,8-14H2,(H,26,27)(H2,22,23,28). The number of likely N-dealkylation sites (tertiary alicyclic amines) is 1. The van der Waals surface area contributed by atoms with Gasteiger partial charge in [-0.25, -0.2) is 4.79 Å². The number of carbonyl (C=O) groups is 3. The molecule has 0 spiro atoms. The Kier molecular flexibility index (Phi) is 6.90. The molecule has 3 rings (SSSR count). The average Bonchev–Trinajstić information content (AvgIpc) is 2.73. The number of benzene rings is 1. The second-order valence-corrected chi connectivity index (χ2v) is 7.76. The maximum absolute atomic E-state index is 12.5. The Morgan fingerprint density at radius 3 is 2.21 bits per heavy atom. The van der Waals surface area contributed by atoms with E-state index >= 15 is 0 Å². The van der Waals surface area contributed by atoms with Gasteiger partial charge in [0.2, 0.25) is 0 Å². The zero-order chi connectivity index (χ0) is 19.9. The highest BCUT2D eigenvalue weighted by Crippen LogP contribution is 2.24. The smallest absolute Gasteiger partial charge is 0.315 e. The van der Waals surface area contributed by atoms with Gasteiger partial charge in [0.15, 0.2) is 0 Å². The number of carbonyl (C=O) groups excluding carboxylic acids is 2. The third-order valence-corrected chi connectivity index (χ3v) is 5.71. The molecule has 0 aromatic heterocycles. The first-order valence-electron chi connectivity index (χ1n) is 10.2. The summed E-state index contributed by atoms with van der Waals surface area (Å²) in [6, 6.07) is 7.16. The molecule has 1 saturated heterocycles. The van der Waals surface area contributed by atoms with E-state index in [-0.39, 0.29) is 23.9 Å². The lowest BCUT2D eigenvalue weighted by Crippen LogP contribution is -2.43. The normalized spacial score (nSPS) is 22.4. The van der Waals surface area contributed by atoms with Gasteiger partial charge in [-0.1, -0.05) is 12.1 Å². The Morgan fingerprint density at radius 2 is 1.61 bits per heavy atom. The van der Waals surface area contributed by atoms with Gasteiger partial charge in [0, 0.05) is 31.2 Å². The molecule has 7 heteroatoms. The number of hydrogen-bond acceptors (Lipinski definition) is 3. The van der Waals surface area contributed by atoms with Crippen LogP contribution in [0.3, 0.4) is 0 Å². The predicted molar refractivity (Wildman–Crippen MR) is 105 cm³/mol. The van der Waals surface area contributed by atoms with Crippen LogP contribution in [0.1, 0.15) is 60.9 Å². The molecular weight excluding hydrogens is 358 g/mol.